The van der Waals surface area contributed by atoms with Crippen LogP contribution in [0.5, 0.6) is 0 Å². The highest BCUT2D eigenvalue weighted by Gasteiger charge is 2.19. The summed E-state index contributed by atoms with van der Waals surface area (Å²) in [5.41, 5.74) is 0. The van der Waals surface area contributed by atoms with Crippen LogP contribution in [0.15, 0.2) is 109 Å². The lowest BCUT2D eigenvalue weighted by Crippen LogP contribution is -2.30. The number of unbranched alkanes of at least 4 members (excludes halogenated alkanes) is 36. The number of hydrogen-bond acceptors (Lipinski definition) is 6. The molecule has 0 aliphatic rings. The van der Waals surface area contributed by atoms with E-state index in [0.717, 1.165) is 83.5 Å². The van der Waals surface area contributed by atoms with E-state index in [-0.39, 0.29) is 31.6 Å². The van der Waals surface area contributed by atoms with Gasteiger partial charge in [0.15, 0.2) is 6.10 Å². The lowest BCUT2D eigenvalue weighted by molar-refractivity contribution is -0.166. The van der Waals surface area contributed by atoms with Crippen molar-refractivity contribution in [3.8, 4) is 0 Å². The van der Waals surface area contributed by atoms with Gasteiger partial charge in [0.25, 0.3) is 0 Å². The summed E-state index contributed by atoms with van der Waals surface area (Å²) in [6.07, 6.45) is 97.2. The molecule has 0 bridgehead atoms. The van der Waals surface area contributed by atoms with Gasteiger partial charge in [0.2, 0.25) is 0 Å². The zero-order valence-corrected chi connectivity index (χ0v) is 54.7. The van der Waals surface area contributed by atoms with Crippen LogP contribution >= 0.6 is 0 Å². The molecule has 0 saturated carbocycles. The van der Waals surface area contributed by atoms with Gasteiger partial charge < -0.3 is 14.2 Å². The largest absolute Gasteiger partial charge is 0.462 e. The van der Waals surface area contributed by atoms with Crippen LogP contribution in [0.1, 0.15) is 342 Å². The lowest BCUT2D eigenvalue weighted by Gasteiger charge is -2.18. The molecule has 0 radical (unpaired) electrons. The first-order valence-electron chi connectivity index (χ1n) is 35.4. The molecular formula is C77H132O6. The van der Waals surface area contributed by atoms with Crippen molar-refractivity contribution in [1.82, 2.24) is 0 Å². The molecule has 6 nitrogen and oxygen atoms in total. The summed E-state index contributed by atoms with van der Waals surface area (Å²) < 4.78 is 16.9. The first-order chi connectivity index (χ1) is 41.0. The molecule has 0 saturated heterocycles. The molecular weight excluding hydrogens is 1020 g/mol. The second-order valence-electron chi connectivity index (χ2n) is 23.4. The van der Waals surface area contributed by atoms with Crippen molar-refractivity contribution in [2.45, 2.75) is 348 Å². The number of esters is 3. The smallest absolute Gasteiger partial charge is 0.309 e. The van der Waals surface area contributed by atoms with Crippen LogP contribution in [-0.2, 0) is 28.6 Å². The van der Waals surface area contributed by atoms with E-state index in [1.165, 1.54) is 218 Å². The molecule has 0 N–H and O–H groups in total. The molecule has 476 valence electrons. The fourth-order valence-electron chi connectivity index (χ4n) is 9.99. The van der Waals surface area contributed by atoms with E-state index in [4.69, 9.17) is 14.2 Å². The molecule has 0 aromatic heterocycles. The van der Waals surface area contributed by atoms with Gasteiger partial charge in [-0.2, -0.15) is 0 Å². The minimum absolute atomic E-state index is 0.109. The number of ether oxygens (including phenoxy) is 3. The topological polar surface area (TPSA) is 78.9 Å². The van der Waals surface area contributed by atoms with Gasteiger partial charge in [-0.05, 0) is 109 Å². The maximum absolute atomic E-state index is 13.0. The Bertz CT molecular complexity index is 1660. The van der Waals surface area contributed by atoms with Crippen LogP contribution in [0.3, 0.4) is 0 Å². The van der Waals surface area contributed by atoms with Gasteiger partial charge in [0, 0.05) is 12.8 Å². The van der Waals surface area contributed by atoms with Gasteiger partial charge in [-0.3, -0.25) is 14.4 Å². The SMILES string of the molecule is CC/C=C\C/C=C\C/C=C\C/C=C\C/C=C\CC(=O)OCC(COC(=O)CCCCCCCCCCCC/C=C\C/C=C\C/C=C\CCCCCCC)OC(=O)CCCCCCCCCCCCCCC/C=C\CCCCCCCCCC. The first kappa shape index (κ1) is 79.1. The van der Waals surface area contributed by atoms with Crippen molar-refractivity contribution in [3.63, 3.8) is 0 Å². The predicted octanol–water partition coefficient (Wildman–Crippen LogP) is 24.6. The monoisotopic (exact) mass is 1150 g/mol. The van der Waals surface area contributed by atoms with E-state index in [0.29, 0.717) is 12.8 Å². The first-order valence-corrected chi connectivity index (χ1v) is 35.4. The standard InChI is InChI=1S/C77H132O6/c1-4-7-10-13-16-19-22-25-28-30-32-34-36-38-40-42-44-46-49-52-55-58-61-64-67-70-76(79)82-73-74(72-81-75(78)69-66-63-60-57-54-51-48-27-24-21-18-15-12-9-6-3)83-77(80)71-68-65-62-59-56-53-50-47-45-43-41-39-37-35-33-31-29-26-23-20-17-14-11-8-5-2/h9,12,18,21-22,25,27,30-33,36,38,48,54,57,63,66,74H,4-8,10-11,13-17,19-20,23-24,26,28-29,34-35,37,39-47,49-53,55-56,58-62,64-65,67-73H2,1-3H3/b12-9-,21-18-,25-22-,32-30-,33-31-,38-36-,48-27-,57-54-,66-63-. The van der Waals surface area contributed by atoms with E-state index >= 15 is 0 Å². The van der Waals surface area contributed by atoms with Gasteiger partial charge in [0.05, 0.1) is 6.42 Å². The fourth-order valence-corrected chi connectivity index (χ4v) is 9.99. The van der Waals surface area contributed by atoms with E-state index in [1.54, 1.807) is 6.08 Å². The van der Waals surface area contributed by atoms with Crippen molar-refractivity contribution in [2.75, 3.05) is 13.2 Å². The third-order valence-corrected chi connectivity index (χ3v) is 15.3. The number of carbonyl (C=O) groups is 3. The third-order valence-electron chi connectivity index (χ3n) is 15.3. The molecule has 6 heteroatoms. The van der Waals surface area contributed by atoms with Crippen molar-refractivity contribution in [3.05, 3.63) is 109 Å². The summed E-state index contributed by atoms with van der Waals surface area (Å²) in [6.45, 7) is 6.46. The minimum atomic E-state index is -0.823. The second kappa shape index (κ2) is 70.6. The summed E-state index contributed by atoms with van der Waals surface area (Å²) in [5, 5.41) is 0. The maximum Gasteiger partial charge on any atom is 0.309 e. The highest BCUT2D eigenvalue weighted by Crippen LogP contribution is 2.17. The van der Waals surface area contributed by atoms with E-state index in [2.05, 4.69) is 118 Å². The zero-order valence-electron chi connectivity index (χ0n) is 54.7. The van der Waals surface area contributed by atoms with Crippen LogP contribution in [-0.4, -0.2) is 37.2 Å². The number of rotatable bonds is 64. The highest BCUT2D eigenvalue weighted by molar-refractivity contribution is 5.72. The Kier molecular flexibility index (Phi) is 67.2. The van der Waals surface area contributed by atoms with E-state index in [1.807, 2.05) is 6.08 Å². The zero-order chi connectivity index (χ0) is 59.9. The molecule has 0 fully saturated rings. The Morgan fingerprint density at radius 3 is 0.855 bits per heavy atom. The summed E-state index contributed by atoms with van der Waals surface area (Å²) in [5.74, 6) is -1.03. The number of hydrogen-bond donors (Lipinski definition) is 0. The van der Waals surface area contributed by atoms with Gasteiger partial charge in [-0.25, -0.2) is 0 Å². The Labute approximate surface area is 514 Å². The van der Waals surface area contributed by atoms with E-state index < -0.39 is 12.1 Å². The van der Waals surface area contributed by atoms with Crippen LogP contribution in [0.25, 0.3) is 0 Å². The minimum Gasteiger partial charge on any atom is -0.462 e. The van der Waals surface area contributed by atoms with Gasteiger partial charge in [-0.1, -0.05) is 323 Å². The molecule has 0 amide bonds. The van der Waals surface area contributed by atoms with Crippen LogP contribution < -0.4 is 0 Å². The van der Waals surface area contributed by atoms with Crippen molar-refractivity contribution >= 4 is 17.9 Å². The quantitative estimate of drug-likeness (QED) is 0.0261. The molecule has 0 rings (SSSR count). The van der Waals surface area contributed by atoms with Crippen LogP contribution in [0, 0.1) is 0 Å². The fraction of sp³-hybridized carbons (Fsp3) is 0.727. The van der Waals surface area contributed by atoms with E-state index in [9.17, 15) is 14.4 Å². The average molecular weight is 1150 g/mol. The van der Waals surface area contributed by atoms with Crippen LogP contribution in [0.4, 0.5) is 0 Å². The molecule has 1 unspecified atom stereocenters. The maximum atomic E-state index is 13.0. The Hall–Kier alpha value is -3.93. The molecule has 0 aliphatic heterocycles. The number of carbonyl (C=O) groups excluding carboxylic acids is 3. The predicted molar refractivity (Wildman–Crippen MR) is 362 cm³/mol. The van der Waals surface area contributed by atoms with Gasteiger partial charge in [-0.15, -0.1) is 0 Å². The molecule has 0 aliphatic carbocycles. The normalized spacial score (nSPS) is 12.8. The summed E-state index contributed by atoms with van der Waals surface area (Å²) in [6, 6.07) is 0. The van der Waals surface area contributed by atoms with Crippen molar-refractivity contribution in [2.24, 2.45) is 0 Å². The summed E-state index contributed by atoms with van der Waals surface area (Å²) >= 11 is 0. The molecule has 83 heavy (non-hydrogen) atoms. The Balaban J connectivity index is 4.38. The van der Waals surface area contributed by atoms with Crippen molar-refractivity contribution in [1.29, 1.82) is 0 Å². The number of allylic oxidation sites excluding steroid dienone is 17. The van der Waals surface area contributed by atoms with Crippen LogP contribution in [0.2, 0.25) is 0 Å². The average Bonchev–Trinajstić information content (AvgIpc) is 3.49. The molecule has 1 atom stereocenters. The summed E-state index contributed by atoms with van der Waals surface area (Å²) in [7, 11) is 0. The summed E-state index contributed by atoms with van der Waals surface area (Å²) in [4.78, 5) is 38.4. The molecule has 0 aromatic rings. The highest BCUT2D eigenvalue weighted by atomic mass is 16.6. The molecule has 0 spiro atoms. The van der Waals surface area contributed by atoms with Gasteiger partial charge >= 0.3 is 17.9 Å². The molecule has 0 heterocycles. The molecule has 0 aromatic carbocycles. The van der Waals surface area contributed by atoms with Gasteiger partial charge in [0.1, 0.15) is 13.2 Å². The second-order valence-corrected chi connectivity index (χ2v) is 23.4. The lowest BCUT2D eigenvalue weighted by atomic mass is 10.0. The Morgan fingerprint density at radius 2 is 0.518 bits per heavy atom. The van der Waals surface area contributed by atoms with Crippen molar-refractivity contribution < 1.29 is 28.6 Å². The third kappa shape index (κ3) is 68.7. The Morgan fingerprint density at radius 1 is 0.265 bits per heavy atom.